The molecular weight excluding hydrogens is 626 g/mol. The van der Waals surface area contributed by atoms with Gasteiger partial charge in [0.1, 0.15) is 29.8 Å². The van der Waals surface area contributed by atoms with Crippen LogP contribution < -0.4 is 4.74 Å². The summed E-state index contributed by atoms with van der Waals surface area (Å²) in [6.07, 6.45) is 8.44. The quantitative estimate of drug-likeness (QED) is 0.0335. The van der Waals surface area contributed by atoms with Gasteiger partial charge in [-0.2, -0.15) is 0 Å². The Balaban J connectivity index is 0.000000490. The number of benzene rings is 2. The third kappa shape index (κ3) is 17.4. The third-order valence-corrected chi connectivity index (χ3v) is 7.88. The van der Waals surface area contributed by atoms with Crippen LogP contribution in [0.1, 0.15) is 114 Å². The Morgan fingerprint density at radius 3 is 1.43 bits per heavy atom. The van der Waals surface area contributed by atoms with Crippen molar-refractivity contribution in [1.82, 2.24) is 0 Å². The van der Waals surface area contributed by atoms with E-state index in [2.05, 4.69) is 27.0 Å². The fraction of sp³-hybridized carbons (Fsp3) is 0.487. The van der Waals surface area contributed by atoms with Crippen molar-refractivity contribution in [3.8, 4) is 5.75 Å². The third-order valence-electron chi connectivity index (χ3n) is 7.88. The first kappa shape index (κ1) is 42.4. The molecule has 2 atom stereocenters. The molecule has 0 bridgehead atoms. The number of ketones is 2. The molecule has 0 saturated carbocycles. The van der Waals surface area contributed by atoms with E-state index in [1.165, 1.54) is 24.3 Å². The van der Waals surface area contributed by atoms with Gasteiger partial charge in [-0.25, -0.2) is 0 Å². The summed E-state index contributed by atoms with van der Waals surface area (Å²) in [4.78, 5) is 58.3. The van der Waals surface area contributed by atoms with Gasteiger partial charge in [0.05, 0.1) is 12.0 Å². The van der Waals surface area contributed by atoms with Crippen LogP contribution in [0.3, 0.4) is 0 Å². The minimum Gasteiger partial charge on any atom is -0.497 e. The Hall–Kier alpha value is -4.60. The number of hydrogen-bond donors (Lipinski definition) is 0. The van der Waals surface area contributed by atoms with Crippen molar-refractivity contribution in [3.05, 3.63) is 95.1 Å². The molecule has 49 heavy (non-hydrogen) atoms. The van der Waals surface area contributed by atoms with Crippen molar-refractivity contribution in [3.63, 3.8) is 0 Å². The Kier molecular flexibility index (Phi) is 17.9. The van der Waals surface area contributed by atoms with Crippen molar-refractivity contribution in [2.24, 2.45) is 11.8 Å². The smallest absolute Gasteiger partial charge is 0.314 e. The fourth-order valence-electron chi connectivity index (χ4n) is 4.74. The molecule has 0 N–H and O–H groups in total. The molecule has 0 saturated heterocycles. The lowest BCUT2D eigenvalue weighted by Crippen LogP contribution is -2.29. The first-order valence-corrected chi connectivity index (χ1v) is 16.6. The molecular formula is C39H53NO9. The number of nitrogens with zero attached hydrogens (tertiary/aromatic N) is 1. The highest BCUT2D eigenvalue weighted by Crippen LogP contribution is 2.23. The van der Waals surface area contributed by atoms with Gasteiger partial charge in [0.2, 0.25) is 0 Å². The van der Waals surface area contributed by atoms with E-state index in [4.69, 9.17) is 14.2 Å². The fourth-order valence-corrected chi connectivity index (χ4v) is 4.74. The average Bonchev–Trinajstić information content (AvgIpc) is 3.03. The number of carbonyl (C=O) groups is 4. The van der Waals surface area contributed by atoms with Crippen molar-refractivity contribution < 1.29 is 38.3 Å². The van der Waals surface area contributed by atoms with Gasteiger partial charge in [0.15, 0.2) is 11.6 Å². The van der Waals surface area contributed by atoms with Gasteiger partial charge in [0, 0.05) is 23.3 Å². The van der Waals surface area contributed by atoms with Gasteiger partial charge in [-0.1, -0.05) is 26.0 Å². The molecule has 0 heterocycles. The van der Waals surface area contributed by atoms with E-state index in [0.29, 0.717) is 29.6 Å². The van der Waals surface area contributed by atoms with Gasteiger partial charge >= 0.3 is 11.9 Å². The second-order valence-electron chi connectivity index (χ2n) is 13.4. The maximum absolute atomic E-state index is 12.1. The van der Waals surface area contributed by atoms with Crippen LogP contribution in [0, 0.1) is 22.0 Å². The molecule has 0 amide bonds. The first-order chi connectivity index (χ1) is 22.9. The van der Waals surface area contributed by atoms with Crippen LogP contribution in [0.25, 0.3) is 0 Å². The number of hydrogen-bond acceptors (Lipinski definition) is 9. The first-order valence-electron chi connectivity index (χ1n) is 16.6. The number of carbonyl (C=O) groups excluding carboxylic acids is 4. The number of non-ortho nitro benzene ring substituents is 1. The van der Waals surface area contributed by atoms with E-state index in [1.54, 1.807) is 31.4 Å². The van der Waals surface area contributed by atoms with E-state index in [1.807, 2.05) is 39.8 Å². The van der Waals surface area contributed by atoms with Crippen LogP contribution in [-0.2, 0) is 19.1 Å². The number of nitro benzene ring substituents is 1. The van der Waals surface area contributed by atoms with E-state index in [-0.39, 0.29) is 29.9 Å². The summed E-state index contributed by atoms with van der Waals surface area (Å²) < 4.78 is 15.9. The zero-order valence-corrected chi connectivity index (χ0v) is 30.1. The largest absolute Gasteiger partial charge is 0.497 e. The highest BCUT2D eigenvalue weighted by molar-refractivity contribution is 6.06. The molecule has 10 heteroatoms. The molecule has 2 unspecified atom stereocenters. The Bertz CT molecular complexity index is 1410. The van der Waals surface area contributed by atoms with Crippen LogP contribution in [-0.4, -0.2) is 46.7 Å². The zero-order chi connectivity index (χ0) is 37.2. The molecule has 0 spiro atoms. The van der Waals surface area contributed by atoms with Gasteiger partial charge < -0.3 is 14.2 Å². The standard InChI is InChI=1S/C20H28O4.C19H25NO5/c1-6-15(2)8-7-13-20(3,4)24-19(22)14-18(21)16-9-11-17(23-5)12-10-16;1-5-14(2)7-6-12-19(3,4)25-18(22)13-17(21)15-8-10-16(11-9-15)20(23)24/h6,9-12,15H,1,7-8,13-14H2,2-5H3;5,8-11,14H,1,6-7,12-13H2,2-4H3. The summed E-state index contributed by atoms with van der Waals surface area (Å²) in [6.45, 7) is 19.1. The molecule has 2 aromatic carbocycles. The van der Waals surface area contributed by atoms with Crippen LogP contribution >= 0.6 is 0 Å². The molecule has 0 radical (unpaired) electrons. The Morgan fingerprint density at radius 1 is 0.735 bits per heavy atom. The monoisotopic (exact) mass is 679 g/mol. The van der Waals surface area contributed by atoms with E-state index in [0.717, 1.165) is 32.1 Å². The number of rotatable bonds is 20. The SMILES string of the molecule is C=CC(C)CCCC(C)(C)OC(=O)CC(=O)c1ccc(OC)cc1.C=CC(C)CCCC(C)(C)OC(=O)CC(=O)c1ccc([N+](=O)[O-])cc1. The lowest BCUT2D eigenvalue weighted by atomic mass is 9.96. The summed E-state index contributed by atoms with van der Waals surface area (Å²) >= 11 is 0. The second-order valence-corrected chi connectivity index (χ2v) is 13.4. The highest BCUT2D eigenvalue weighted by atomic mass is 16.6. The molecule has 2 aromatic rings. The van der Waals surface area contributed by atoms with Gasteiger partial charge in [-0.3, -0.25) is 29.3 Å². The predicted molar refractivity (Wildman–Crippen MR) is 191 cm³/mol. The van der Waals surface area contributed by atoms with Crippen molar-refractivity contribution in [2.45, 2.75) is 104 Å². The van der Waals surface area contributed by atoms with Crippen LogP contribution in [0.4, 0.5) is 5.69 Å². The van der Waals surface area contributed by atoms with E-state index in [9.17, 15) is 29.3 Å². The molecule has 2 rings (SSSR count). The van der Waals surface area contributed by atoms with E-state index < -0.39 is 33.8 Å². The van der Waals surface area contributed by atoms with Crippen molar-refractivity contribution in [2.75, 3.05) is 7.11 Å². The van der Waals surface area contributed by atoms with Crippen LogP contribution in [0.5, 0.6) is 5.75 Å². The lowest BCUT2D eigenvalue weighted by Gasteiger charge is -2.25. The van der Waals surface area contributed by atoms with Crippen LogP contribution in [0.2, 0.25) is 0 Å². The molecule has 0 aliphatic carbocycles. The van der Waals surface area contributed by atoms with Gasteiger partial charge in [-0.05, 0) is 114 Å². The molecule has 10 nitrogen and oxygen atoms in total. The second kappa shape index (κ2) is 20.7. The molecule has 0 fully saturated rings. The Labute approximate surface area is 291 Å². The predicted octanol–water partition coefficient (Wildman–Crippen LogP) is 9.06. The number of methoxy groups -OCH3 is 1. The number of esters is 2. The molecule has 0 aliphatic rings. The zero-order valence-electron chi connectivity index (χ0n) is 30.1. The van der Waals surface area contributed by atoms with Gasteiger partial charge in [0.25, 0.3) is 5.69 Å². The number of ether oxygens (including phenoxy) is 3. The summed E-state index contributed by atoms with van der Waals surface area (Å²) in [6, 6.07) is 11.9. The summed E-state index contributed by atoms with van der Waals surface area (Å²) in [7, 11) is 1.56. The summed E-state index contributed by atoms with van der Waals surface area (Å²) in [5, 5.41) is 10.6. The average molecular weight is 680 g/mol. The minimum absolute atomic E-state index is 0.103. The van der Waals surface area contributed by atoms with Crippen molar-refractivity contribution in [1.29, 1.82) is 0 Å². The lowest BCUT2D eigenvalue weighted by molar-refractivity contribution is -0.384. The van der Waals surface area contributed by atoms with Crippen LogP contribution in [0.15, 0.2) is 73.8 Å². The summed E-state index contributed by atoms with van der Waals surface area (Å²) in [5.41, 5.74) is -0.592. The normalized spacial score (nSPS) is 12.3. The topological polar surface area (TPSA) is 139 Å². The Morgan fingerprint density at radius 2 is 1.10 bits per heavy atom. The highest BCUT2D eigenvalue weighted by Gasteiger charge is 2.26. The number of nitro groups is 1. The maximum atomic E-state index is 12.1. The van der Waals surface area contributed by atoms with Gasteiger partial charge in [-0.15, -0.1) is 13.2 Å². The number of Topliss-reactive ketones (excluding diaryl/α,β-unsaturated/α-hetero) is 2. The van der Waals surface area contributed by atoms with Crippen molar-refractivity contribution >= 4 is 29.2 Å². The molecule has 268 valence electrons. The molecule has 0 aliphatic heterocycles. The number of allylic oxidation sites excluding steroid dienone is 2. The van der Waals surface area contributed by atoms with E-state index >= 15 is 0 Å². The summed E-state index contributed by atoms with van der Waals surface area (Å²) in [5.74, 6) is -0.218. The maximum Gasteiger partial charge on any atom is 0.314 e. The minimum atomic E-state index is -0.645. The molecule has 0 aromatic heterocycles.